The standard InChI is InChI=1S/C9H15NO/c1-6(2)7-3-4-8(10)9(11)5-7/h7-8H,1,3-5,10H2,2H3. The minimum Gasteiger partial charge on any atom is -0.322 e. The van der Waals surface area contributed by atoms with Crippen LogP contribution in [0.25, 0.3) is 0 Å². The molecular formula is C9H15NO. The Labute approximate surface area is 67.5 Å². The van der Waals surface area contributed by atoms with E-state index in [2.05, 4.69) is 6.58 Å². The zero-order chi connectivity index (χ0) is 8.43. The molecule has 0 saturated heterocycles. The van der Waals surface area contributed by atoms with Crippen LogP contribution in [-0.2, 0) is 4.79 Å². The third-order valence-electron chi connectivity index (χ3n) is 2.38. The Morgan fingerprint density at radius 3 is 2.73 bits per heavy atom. The molecule has 0 aromatic carbocycles. The molecular weight excluding hydrogens is 138 g/mol. The highest BCUT2D eigenvalue weighted by atomic mass is 16.1. The molecule has 1 saturated carbocycles. The van der Waals surface area contributed by atoms with Crippen LogP contribution in [0.5, 0.6) is 0 Å². The SMILES string of the molecule is C=C(C)C1CCC(N)C(=O)C1. The number of carbonyl (C=O) groups excluding carboxylic acids is 1. The van der Waals surface area contributed by atoms with E-state index < -0.39 is 0 Å². The van der Waals surface area contributed by atoms with Crippen molar-refractivity contribution in [2.75, 3.05) is 0 Å². The van der Waals surface area contributed by atoms with E-state index in [1.165, 1.54) is 0 Å². The van der Waals surface area contributed by atoms with Gasteiger partial charge in [-0.05, 0) is 25.7 Å². The summed E-state index contributed by atoms with van der Waals surface area (Å²) in [5.41, 5.74) is 6.68. The summed E-state index contributed by atoms with van der Waals surface area (Å²) in [7, 11) is 0. The smallest absolute Gasteiger partial charge is 0.150 e. The van der Waals surface area contributed by atoms with Crippen molar-refractivity contribution in [3.63, 3.8) is 0 Å². The van der Waals surface area contributed by atoms with Gasteiger partial charge in [0.1, 0.15) is 5.78 Å². The van der Waals surface area contributed by atoms with Gasteiger partial charge in [-0.1, -0.05) is 12.2 Å². The summed E-state index contributed by atoms with van der Waals surface area (Å²) in [5.74, 6) is 0.589. The summed E-state index contributed by atoms with van der Waals surface area (Å²) in [6, 6.07) is -0.203. The monoisotopic (exact) mass is 153 g/mol. The summed E-state index contributed by atoms with van der Waals surface area (Å²) < 4.78 is 0. The van der Waals surface area contributed by atoms with E-state index in [0.717, 1.165) is 18.4 Å². The maximum absolute atomic E-state index is 11.1. The Kier molecular flexibility index (Phi) is 2.45. The van der Waals surface area contributed by atoms with Crippen molar-refractivity contribution in [1.82, 2.24) is 0 Å². The number of nitrogens with two attached hydrogens (primary N) is 1. The first-order valence-electron chi connectivity index (χ1n) is 4.05. The normalized spacial score (nSPS) is 32.0. The van der Waals surface area contributed by atoms with Crippen LogP contribution in [0.4, 0.5) is 0 Å². The summed E-state index contributed by atoms with van der Waals surface area (Å²) >= 11 is 0. The molecule has 0 amide bonds. The minimum absolute atomic E-state index is 0.198. The van der Waals surface area contributed by atoms with E-state index in [1.807, 2.05) is 6.92 Å². The first-order valence-corrected chi connectivity index (χ1v) is 4.05. The van der Waals surface area contributed by atoms with Crippen LogP contribution < -0.4 is 5.73 Å². The molecule has 1 fully saturated rings. The third-order valence-corrected chi connectivity index (χ3v) is 2.38. The summed E-state index contributed by atoms with van der Waals surface area (Å²) in [6.07, 6.45) is 2.47. The van der Waals surface area contributed by atoms with Crippen molar-refractivity contribution >= 4 is 5.78 Å². The van der Waals surface area contributed by atoms with Crippen molar-refractivity contribution in [3.8, 4) is 0 Å². The van der Waals surface area contributed by atoms with E-state index in [-0.39, 0.29) is 11.8 Å². The Bertz CT molecular complexity index is 186. The lowest BCUT2D eigenvalue weighted by atomic mass is 9.82. The van der Waals surface area contributed by atoms with Crippen LogP contribution in [0.3, 0.4) is 0 Å². The van der Waals surface area contributed by atoms with Crippen LogP contribution in [-0.4, -0.2) is 11.8 Å². The van der Waals surface area contributed by atoms with Crippen LogP contribution in [0.2, 0.25) is 0 Å². The second kappa shape index (κ2) is 3.18. The molecule has 2 N–H and O–H groups in total. The van der Waals surface area contributed by atoms with Gasteiger partial charge in [-0.25, -0.2) is 0 Å². The average Bonchev–Trinajstić information content (AvgIpc) is 1.94. The van der Waals surface area contributed by atoms with Crippen molar-refractivity contribution in [3.05, 3.63) is 12.2 Å². The van der Waals surface area contributed by atoms with E-state index in [1.54, 1.807) is 0 Å². The fraction of sp³-hybridized carbons (Fsp3) is 0.667. The third kappa shape index (κ3) is 1.90. The van der Waals surface area contributed by atoms with Gasteiger partial charge in [-0.15, -0.1) is 0 Å². The molecule has 2 atom stereocenters. The predicted molar refractivity (Wildman–Crippen MR) is 45.1 cm³/mol. The van der Waals surface area contributed by atoms with Gasteiger partial charge in [0.05, 0.1) is 6.04 Å². The van der Waals surface area contributed by atoms with Gasteiger partial charge in [0.2, 0.25) is 0 Å². The zero-order valence-corrected chi connectivity index (χ0v) is 6.97. The number of rotatable bonds is 1. The van der Waals surface area contributed by atoms with Gasteiger partial charge in [-0.2, -0.15) is 0 Å². The van der Waals surface area contributed by atoms with Gasteiger partial charge in [0, 0.05) is 6.42 Å². The molecule has 0 bridgehead atoms. The summed E-state index contributed by atoms with van der Waals surface area (Å²) in [6.45, 7) is 5.83. The Morgan fingerprint density at radius 2 is 2.27 bits per heavy atom. The molecule has 1 rings (SSSR count). The van der Waals surface area contributed by atoms with Crippen molar-refractivity contribution in [1.29, 1.82) is 0 Å². The highest BCUT2D eigenvalue weighted by Crippen LogP contribution is 2.25. The van der Waals surface area contributed by atoms with Crippen molar-refractivity contribution in [2.24, 2.45) is 11.7 Å². The highest BCUT2D eigenvalue weighted by molar-refractivity contribution is 5.84. The molecule has 0 aromatic rings. The zero-order valence-electron chi connectivity index (χ0n) is 6.97. The number of hydrogen-bond donors (Lipinski definition) is 1. The predicted octanol–water partition coefficient (Wildman–Crippen LogP) is 1.26. The molecule has 2 nitrogen and oxygen atoms in total. The van der Waals surface area contributed by atoms with Gasteiger partial charge in [0.25, 0.3) is 0 Å². The molecule has 0 aromatic heterocycles. The molecule has 0 heterocycles. The lowest BCUT2D eigenvalue weighted by molar-refractivity contribution is -0.122. The van der Waals surface area contributed by atoms with Gasteiger partial charge in [0.15, 0.2) is 0 Å². The number of Topliss-reactive ketones (excluding diaryl/α,β-unsaturated/α-hetero) is 1. The second-order valence-electron chi connectivity index (χ2n) is 3.40. The maximum atomic E-state index is 11.1. The lowest BCUT2D eigenvalue weighted by Crippen LogP contribution is -2.36. The highest BCUT2D eigenvalue weighted by Gasteiger charge is 2.25. The Balaban J connectivity index is 2.53. The minimum atomic E-state index is -0.203. The summed E-state index contributed by atoms with van der Waals surface area (Å²) in [4.78, 5) is 11.1. The molecule has 11 heavy (non-hydrogen) atoms. The molecule has 0 spiro atoms. The quantitative estimate of drug-likeness (QED) is 0.576. The van der Waals surface area contributed by atoms with E-state index >= 15 is 0 Å². The van der Waals surface area contributed by atoms with Crippen LogP contribution >= 0.6 is 0 Å². The molecule has 1 aliphatic carbocycles. The lowest BCUT2D eigenvalue weighted by Gasteiger charge is -2.24. The van der Waals surface area contributed by atoms with Crippen molar-refractivity contribution < 1.29 is 4.79 Å². The van der Waals surface area contributed by atoms with E-state index in [4.69, 9.17) is 5.73 Å². The molecule has 2 heteroatoms. The largest absolute Gasteiger partial charge is 0.322 e. The van der Waals surface area contributed by atoms with Crippen molar-refractivity contribution in [2.45, 2.75) is 32.2 Å². The van der Waals surface area contributed by atoms with Gasteiger partial charge in [-0.3, -0.25) is 4.79 Å². The fourth-order valence-corrected chi connectivity index (χ4v) is 1.46. The topological polar surface area (TPSA) is 43.1 Å². The van der Waals surface area contributed by atoms with E-state index in [0.29, 0.717) is 12.3 Å². The average molecular weight is 153 g/mol. The van der Waals surface area contributed by atoms with E-state index in [9.17, 15) is 4.79 Å². The number of ketones is 1. The number of hydrogen-bond acceptors (Lipinski definition) is 2. The van der Waals surface area contributed by atoms with Crippen LogP contribution in [0.15, 0.2) is 12.2 Å². The molecule has 1 aliphatic rings. The second-order valence-corrected chi connectivity index (χ2v) is 3.40. The Morgan fingerprint density at radius 1 is 1.64 bits per heavy atom. The Hall–Kier alpha value is -0.630. The maximum Gasteiger partial charge on any atom is 0.150 e. The number of allylic oxidation sites excluding steroid dienone is 1. The van der Waals surface area contributed by atoms with Gasteiger partial charge >= 0.3 is 0 Å². The first-order chi connectivity index (χ1) is 5.11. The van der Waals surface area contributed by atoms with Crippen LogP contribution in [0.1, 0.15) is 26.2 Å². The van der Waals surface area contributed by atoms with Gasteiger partial charge < -0.3 is 5.73 Å². The molecule has 0 aliphatic heterocycles. The molecule has 62 valence electrons. The molecule has 0 radical (unpaired) electrons. The fourth-order valence-electron chi connectivity index (χ4n) is 1.46. The van der Waals surface area contributed by atoms with Crippen LogP contribution in [0, 0.1) is 5.92 Å². The number of carbonyl (C=O) groups is 1. The first kappa shape index (κ1) is 8.47. The molecule has 2 unspecified atom stereocenters. The summed E-state index contributed by atoms with van der Waals surface area (Å²) in [5, 5.41) is 0.